The number of likely N-dealkylation sites (tertiary alicyclic amines) is 1. The van der Waals surface area contributed by atoms with Gasteiger partial charge in [0.05, 0.1) is 6.61 Å². The van der Waals surface area contributed by atoms with Crippen molar-refractivity contribution in [2.24, 2.45) is 0 Å². The summed E-state index contributed by atoms with van der Waals surface area (Å²) in [5, 5.41) is 0. The molecule has 1 saturated heterocycles. The van der Waals surface area contributed by atoms with E-state index in [0.717, 1.165) is 26.1 Å². The van der Waals surface area contributed by atoms with Crippen LogP contribution in [-0.2, 0) is 16.9 Å². The van der Waals surface area contributed by atoms with E-state index in [-0.39, 0.29) is 5.60 Å². The molecule has 102 valence electrons. The van der Waals surface area contributed by atoms with Gasteiger partial charge in [-0.1, -0.05) is 52.0 Å². The van der Waals surface area contributed by atoms with E-state index in [1.807, 2.05) is 27.7 Å². The van der Waals surface area contributed by atoms with E-state index in [1.165, 1.54) is 11.1 Å². The van der Waals surface area contributed by atoms with Crippen LogP contribution in [0.5, 0.6) is 0 Å². The Bertz CT molecular complexity index is 360. The van der Waals surface area contributed by atoms with Crippen LogP contribution < -0.4 is 0 Å². The van der Waals surface area contributed by atoms with Gasteiger partial charge in [-0.15, -0.1) is 0 Å². The standard InChI is InChI=1S/C12H15NO.2C2H6/c1-13-7-6-12(9-13)11-5-3-2-4-10(11)8-14-12;2*1-2/h2-5H,6-9H2,1H3;2*1-2H3. The Morgan fingerprint density at radius 1 is 1.11 bits per heavy atom. The van der Waals surface area contributed by atoms with Gasteiger partial charge in [-0.05, 0) is 24.6 Å². The van der Waals surface area contributed by atoms with Gasteiger partial charge in [0.15, 0.2) is 0 Å². The molecule has 0 radical (unpaired) electrons. The van der Waals surface area contributed by atoms with Gasteiger partial charge >= 0.3 is 0 Å². The third-order valence-electron chi connectivity index (χ3n) is 3.43. The van der Waals surface area contributed by atoms with Crippen molar-refractivity contribution in [2.45, 2.75) is 46.3 Å². The highest BCUT2D eigenvalue weighted by molar-refractivity contribution is 5.36. The first-order valence-electron chi connectivity index (χ1n) is 7.21. The summed E-state index contributed by atoms with van der Waals surface area (Å²) in [6.07, 6.45) is 1.14. The van der Waals surface area contributed by atoms with Crippen molar-refractivity contribution in [1.29, 1.82) is 0 Å². The molecule has 0 amide bonds. The van der Waals surface area contributed by atoms with E-state index in [1.54, 1.807) is 0 Å². The molecule has 2 heteroatoms. The van der Waals surface area contributed by atoms with Crippen LogP contribution in [0.15, 0.2) is 24.3 Å². The number of benzene rings is 1. The van der Waals surface area contributed by atoms with Crippen LogP contribution in [0.3, 0.4) is 0 Å². The van der Waals surface area contributed by atoms with E-state index in [4.69, 9.17) is 4.74 Å². The average molecular weight is 249 g/mol. The molecule has 1 atom stereocenters. The quantitative estimate of drug-likeness (QED) is 0.693. The van der Waals surface area contributed by atoms with Gasteiger partial charge in [0.25, 0.3) is 0 Å². The number of fused-ring (bicyclic) bond motifs is 2. The van der Waals surface area contributed by atoms with E-state index in [2.05, 4.69) is 36.2 Å². The molecule has 1 fully saturated rings. The Hall–Kier alpha value is -0.860. The molecule has 0 N–H and O–H groups in total. The van der Waals surface area contributed by atoms with Crippen molar-refractivity contribution in [2.75, 3.05) is 20.1 Å². The molecular weight excluding hydrogens is 222 g/mol. The molecule has 1 aromatic rings. The Morgan fingerprint density at radius 2 is 1.78 bits per heavy atom. The van der Waals surface area contributed by atoms with Crippen molar-refractivity contribution in [3.63, 3.8) is 0 Å². The molecular formula is C16H27NO. The normalized spacial score (nSPS) is 24.9. The summed E-state index contributed by atoms with van der Waals surface area (Å²) in [4.78, 5) is 2.35. The second-order valence-corrected chi connectivity index (χ2v) is 4.43. The lowest BCUT2D eigenvalue weighted by molar-refractivity contribution is -0.0280. The first-order valence-corrected chi connectivity index (χ1v) is 7.21. The Balaban J connectivity index is 0.000000371. The third-order valence-corrected chi connectivity index (χ3v) is 3.43. The van der Waals surface area contributed by atoms with Gasteiger partial charge in [0, 0.05) is 13.1 Å². The Morgan fingerprint density at radius 3 is 2.39 bits per heavy atom. The lowest BCUT2D eigenvalue weighted by atomic mass is 9.92. The largest absolute Gasteiger partial charge is 0.364 e. The zero-order valence-corrected chi connectivity index (χ0v) is 12.5. The predicted molar refractivity (Wildman–Crippen MR) is 77.7 cm³/mol. The number of rotatable bonds is 0. The molecule has 18 heavy (non-hydrogen) atoms. The second kappa shape index (κ2) is 6.91. The molecule has 0 bridgehead atoms. The van der Waals surface area contributed by atoms with Crippen LogP contribution in [0.4, 0.5) is 0 Å². The van der Waals surface area contributed by atoms with Crippen molar-refractivity contribution in [3.05, 3.63) is 35.4 Å². The number of nitrogens with zero attached hydrogens (tertiary/aromatic N) is 1. The van der Waals surface area contributed by atoms with Crippen LogP contribution in [0.25, 0.3) is 0 Å². The summed E-state index contributed by atoms with van der Waals surface area (Å²) in [7, 11) is 2.17. The van der Waals surface area contributed by atoms with Gasteiger partial charge in [0.1, 0.15) is 5.60 Å². The molecule has 2 heterocycles. The lowest BCUT2D eigenvalue weighted by Gasteiger charge is -2.23. The number of hydrogen-bond acceptors (Lipinski definition) is 2. The monoisotopic (exact) mass is 249 g/mol. The molecule has 0 aliphatic carbocycles. The lowest BCUT2D eigenvalue weighted by Crippen LogP contribution is -2.28. The maximum atomic E-state index is 6.00. The Kier molecular flexibility index (Phi) is 5.83. The zero-order chi connectivity index (χ0) is 13.6. The van der Waals surface area contributed by atoms with Crippen molar-refractivity contribution < 1.29 is 4.74 Å². The van der Waals surface area contributed by atoms with Crippen molar-refractivity contribution >= 4 is 0 Å². The van der Waals surface area contributed by atoms with Crippen LogP contribution in [0.1, 0.15) is 45.2 Å². The summed E-state index contributed by atoms with van der Waals surface area (Å²) in [6.45, 7) is 11.0. The van der Waals surface area contributed by atoms with Gasteiger partial charge < -0.3 is 9.64 Å². The molecule has 2 aliphatic rings. The Labute approximate surface area is 112 Å². The fraction of sp³-hybridized carbons (Fsp3) is 0.625. The molecule has 1 unspecified atom stereocenters. The number of hydrogen-bond donors (Lipinski definition) is 0. The van der Waals surface area contributed by atoms with Gasteiger partial charge in [-0.2, -0.15) is 0 Å². The van der Waals surface area contributed by atoms with Crippen molar-refractivity contribution in [3.8, 4) is 0 Å². The molecule has 1 spiro atoms. The molecule has 0 aromatic heterocycles. The maximum Gasteiger partial charge on any atom is 0.108 e. The maximum absolute atomic E-state index is 6.00. The molecule has 1 aromatic carbocycles. The average Bonchev–Trinajstić information content (AvgIpc) is 3.00. The molecule has 0 saturated carbocycles. The van der Waals surface area contributed by atoms with Crippen LogP contribution >= 0.6 is 0 Å². The van der Waals surface area contributed by atoms with Crippen LogP contribution in [-0.4, -0.2) is 25.0 Å². The fourth-order valence-electron chi connectivity index (χ4n) is 2.69. The zero-order valence-electron chi connectivity index (χ0n) is 12.5. The van der Waals surface area contributed by atoms with E-state index >= 15 is 0 Å². The SMILES string of the molecule is CC.CC.CN1CCC2(C1)OCc1ccccc12. The summed E-state index contributed by atoms with van der Waals surface area (Å²) in [6, 6.07) is 8.62. The molecule has 3 rings (SSSR count). The summed E-state index contributed by atoms with van der Waals surface area (Å²) < 4.78 is 6.00. The van der Waals surface area contributed by atoms with E-state index in [9.17, 15) is 0 Å². The van der Waals surface area contributed by atoms with E-state index < -0.39 is 0 Å². The summed E-state index contributed by atoms with van der Waals surface area (Å²) in [5.41, 5.74) is 2.82. The molecule has 2 aliphatic heterocycles. The van der Waals surface area contributed by atoms with Crippen LogP contribution in [0.2, 0.25) is 0 Å². The van der Waals surface area contributed by atoms with Crippen molar-refractivity contribution in [1.82, 2.24) is 4.90 Å². The number of ether oxygens (including phenoxy) is 1. The minimum Gasteiger partial charge on any atom is -0.364 e. The minimum absolute atomic E-state index is 0.0192. The highest BCUT2D eigenvalue weighted by Gasteiger charge is 2.44. The molecule has 2 nitrogen and oxygen atoms in total. The van der Waals surface area contributed by atoms with Gasteiger partial charge in [-0.25, -0.2) is 0 Å². The minimum atomic E-state index is 0.0192. The van der Waals surface area contributed by atoms with Crippen LogP contribution in [0, 0.1) is 0 Å². The highest BCUT2D eigenvalue weighted by atomic mass is 16.5. The topological polar surface area (TPSA) is 12.5 Å². The van der Waals surface area contributed by atoms with Gasteiger partial charge in [-0.3, -0.25) is 0 Å². The third kappa shape index (κ3) is 2.76. The fourth-order valence-corrected chi connectivity index (χ4v) is 2.69. The first kappa shape index (κ1) is 15.2. The first-order chi connectivity index (χ1) is 8.80. The summed E-state index contributed by atoms with van der Waals surface area (Å²) >= 11 is 0. The highest BCUT2D eigenvalue weighted by Crippen LogP contribution is 2.42. The van der Waals surface area contributed by atoms with E-state index in [0.29, 0.717) is 0 Å². The van der Waals surface area contributed by atoms with Gasteiger partial charge in [0.2, 0.25) is 0 Å². The predicted octanol–water partition coefficient (Wildman–Crippen LogP) is 3.80. The summed E-state index contributed by atoms with van der Waals surface area (Å²) in [5.74, 6) is 0. The second-order valence-electron chi connectivity index (χ2n) is 4.43. The smallest absolute Gasteiger partial charge is 0.108 e. The number of likely N-dealkylation sites (N-methyl/N-ethyl adjacent to an activating group) is 1.